The van der Waals surface area contributed by atoms with Crippen molar-refractivity contribution < 1.29 is 4.74 Å². The molecule has 3 nitrogen and oxygen atoms in total. The maximum absolute atomic E-state index is 6.06. The van der Waals surface area contributed by atoms with Gasteiger partial charge in [0.2, 0.25) is 0 Å². The molecule has 2 atom stereocenters. The van der Waals surface area contributed by atoms with Gasteiger partial charge in [0.1, 0.15) is 11.9 Å². The molecular weight excluding hydrogens is 212 g/mol. The highest BCUT2D eigenvalue weighted by molar-refractivity contribution is 5.49. The van der Waals surface area contributed by atoms with Gasteiger partial charge < -0.3 is 15.4 Å². The number of hydrogen-bond acceptors (Lipinski definition) is 3. The lowest BCUT2D eigenvalue weighted by molar-refractivity contribution is 0.162. The third-order valence-corrected chi connectivity index (χ3v) is 3.51. The summed E-state index contributed by atoms with van der Waals surface area (Å²) in [6.07, 6.45) is 3.88. The number of nitrogens with two attached hydrogens (primary N) is 1. The van der Waals surface area contributed by atoms with Crippen molar-refractivity contribution in [2.75, 3.05) is 25.5 Å². The van der Waals surface area contributed by atoms with Crippen molar-refractivity contribution in [3.05, 3.63) is 24.3 Å². The molecule has 0 amide bonds. The normalized spacial score (nSPS) is 23.7. The summed E-state index contributed by atoms with van der Waals surface area (Å²) in [5, 5.41) is 0. The first-order valence-electron chi connectivity index (χ1n) is 6.35. The topological polar surface area (TPSA) is 38.5 Å². The van der Waals surface area contributed by atoms with Gasteiger partial charge in [-0.3, -0.25) is 0 Å². The van der Waals surface area contributed by atoms with Crippen molar-refractivity contribution in [2.45, 2.75) is 25.4 Å². The maximum atomic E-state index is 6.06. The molecule has 1 aliphatic carbocycles. The second-order valence-electron chi connectivity index (χ2n) is 4.97. The summed E-state index contributed by atoms with van der Waals surface area (Å²) in [6, 6.07) is 8.24. The average molecular weight is 234 g/mol. The molecule has 2 N–H and O–H groups in total. The third-order valence-electron chi connectivity index (χ3n) is 3.51. The summed E-state index contributed by atoms with van der Waals surface area (Å²) in [4.78, 5) is 2.09. The Hall–Kier alpha value is -1.22. The van der Waals surface area contributed by atoms with Crippen LogP contribution in [0.3, 0.4) is 0 Å². The molecule has 17 heavy (non-hydrogen) atoms. The third kappa shape index (κ3) is 2.91. The highest BCUT2D eigenvalue weighted by atomic mass is 16.5. The van der Waals surface area contributed by atoms with Gasteiger partial charge in [-0.2, -0.15) is 0 Å². The van der Waals surface area contributed by atoms with Crippen LogP contribution in [0, 0.1) is 5.92 Å². The minimum Gasteiger partial charge on any atom is -0.490 e. The lowest BCUT2D eigenvalue weighted by Crippen LogP contribution is -2.27. The van der Waals surface area contributed by atoms with Crippen molar-refractivity contribution in [1.82, 2.24) is 0 Å². The first kappa shape index (κ1) is 12.2. The van der Waals surface area contributed by atoms with Gasteiger partial charge in [0.25, 0.3) is 0 Å². The molecule has 2 rings (SSSR count). The Morgan fingerprint density at radius 2 is 2.18 bits per heavy atom. The number of anilines is 1. The summed E-state index contributed by atoms with van der Waals surface area (Å²) in [6.45, 7) is 0.734. The Morgan fingerprint density at radius 3 is 2.88 bits per heavy atom. The van der Waals surface area contributed by atoms with E-state index >= 15 is 0 Å². The van der Waals surface area contributed by atoms with Crippen LogP contribution in [0.1, 0.15) is 19.3 Å². The van der Waals surface area contributed by atoms with Gasteiger partial charge >= 0.3 is 0 Å². The molecule has 0 saturated heterocycles. The van der Waals surface area contributed by atoms with E-state index in [0.717, 1.165) is 18.7 Å². The number of ether oxygens (including phenoxy) is 1. The molecule has 1 aliphatic rings. The van der Waals surface area contributed by atoms with E-state index in [2.05, 4.69) is 17.0 Å². The Kier molecular flexibility index (Phi) is 3.89. The smallest absolute Gasteiger partial charge is 0.121 e. The van der Waals surface area contributed by atoms with Crippen molar-refractivity contribution in [1.29, 1.82) is 0 Å². The van der Waals surface area contributed by atoms with E-state index in [0.29, 0.717) is 12.0 Å². The minimum atomic E-state index is 0.303. The molecule has 1 aromatic rings. The summed E-state index contributed by atoms with van der Waals surface area (Å²) < 4.78 is 6.06. The largest absolute Gasteiger partial charge is 0.490 e. The molecule has 0 radical (unpaired) electrons. The lowest BCUT2D eigenvalue weighted by Gasteiger charge is -2.21. The molecule has 1 saturated carbocycles. The van der Waals surface area contributed by atoms with E-state index < -0.39 is 0 Å². The van der Waals surface area contributed by atoms with E-state index in [1.807, 2.05) is 26.2 Å². The summed E-state index contributed by atoms with van der Waals surface area (Å²) in [7, 11) is 4.08. The fraction of sp³-hybridized carbons (Fsp3) is 0.571. The molecule has 0 heterocycles. The van der Waals surface area contributed by atoms with E-state index in [1.165, 1.54) is 18.5 Å². The Bertz CT molecular complexity index is 365. The number of nitrogens with zero attached hydrogens (tertiary/aromatic N) is 1. The average Bonchev–Trinajstić information content (AvgIpc) is 2.76. The van der Waals surface area contributed by atoms with Gasteiger partial charge in [-0.1, -0.05) is 6.07 Å². The summed E-state index contributed by atoms with van der Waals surface area (Å²) in [5.41, 5.74) is 6.94. The van der Waals surface area contributed by atoms with E-state index in [9.17, 15) is 0 Å². The molecule has 1 fully saturated rings. The van der Waals surface area contributed by atoms with Crippen LogP contribution in [0.25, 0.3) is 0 Å². The van der Waals surface area contributed by atoms with Gasteiger partial charge in [0.05, 0.1) is 0 Å². The van der Waals surface area contributed by atoms with Crippen LogP contribution in [0.15, 0.2) is 24.3 Å². The Labute approximate surface area is 104 Å². The van der Waals surface area contributed by atoms with Crippen molar-refractivity contribution in [3.63, 3.8) is 0 Å². The van der Waals surface area contributed by atoms with Crippen LogP contribution in [0.2, 0.25) is 0 Å². The zero-order valence-corrected chi connectivity index (χ0v) is 10.7. The predicted octanol–water partition coefficient (Wildman–Crippen LogP) is 2.26. The van der Waals surface area contributed by atoms with Crippen LogP contribution >= 0.6 is 0 Å². The van der Waals surface area contributed by atoms with Crippen molar-refractivity contribution in [3.8, 4) is 5.75 Å². The first-order valence-corrected chi connectivity index (χ1v) is 6.35. The van der Waals surface area contributed by atoms with Crippen LogP contribution in [-0.2, 0) is 0 Å². The molecule has 0 bridgehead atoms. The Morgan fingerprint density at radius 1 is 1.35 bits per heavy atom. The molecule has 0 aromatic heterocycles. The molecule has 0 spiro atoms. The minimum absolute atomic E-state index is 0.303. The second kappa shape index (κ2) is 5.41. The van der Waals surface area contributed by atoms with Crippen LogP contribution in [0.4, 0.5) is 5.69 Å². The maximum Gasteiger partial charge on any atom is 0.121 e. The molecule has 0 aliphatic heterocycles. The monoisotopic (exact) mass is 234 g/mol. The fourth-order valence-corrected chi connectivity index (χ4v) is 2.44. The SMILES string of the molecule is CN(C)c1cccc(OC2CCCC2CN)c1. The van der Waals surface area contributed by atoms with E-state index in [4.69, 9.17) is 10.5 Å². The Balaban J connectivity index is 2.05. The number of hydrogen-bond donors (Lipinski definition) is 1. The number of benzene rings is 1. The van der Waals surface area contributed by atoms with E-state index in [-0.39, 0.29) is 0 Å². The highest BCUT2D eigenvalue weighted by Gasteiger charge is 2.27. The molecule has 1 aromatic carbocycles. The molecule has 3 heteroatoms. The molecule has 2 unspecified atom stereocenters. The van der Waals surface area contributed by atoms with Crippen LogP contribution in [-0.4, -0.2) is 26.7 Å². The lowest BCUT2D eigenvalue weighted by atomic mass is 10.1. The summed E-state index contributed by atoms with van der Waals surface area (Å²) in [5.74, 6) is 1.49. The van der Waals surface area contributed by atoms with Gasteiger partial charge in [-0.15, -0.1) is 0 Å². The standard InChI is InChI=1S/C14H22N2O/c1-16(2)12-6-4-7-13(9-12)17-14-8-3-5-11(14)10-15/h4,6-7,9,11,14H,3,5,8,10,15H2,1-2H3. The highest BCUT2D eigenvalue weighted by Crippen LogP contribution is 2.30. The summed E-state index contributed by atoms with van der Waals surface area (Å²) >= 11 is 0. The molecular formula is C14H22N2O. The fourth-order valence-electron chi connectivity index (χ4n) is 2.44. The second-order valence-corrected chi connectivity index (χ2v) is 4.97. The van der Waals surface area contributed by atoms with Crippen molar-refractivity contribution in [2.24, 2.45) is 11.7 Å². The van der Waals surface area contributed by atoms with Gasteiger partial charge in [0, 0.05) is 31.8 Å². The number of rotatable bonds is 4. The predicted molar refractivity (Wildman–Crippen MR) is 71.6 cm³/mol. The zero-order chi connectivity index (χ0) is 12.3. The van der Waals surface area contributed by atoms with Gasteiger partial charge in [0.15, 0.2) is 0 Å². The molecule has 94 valence electrons. The van der Waals surface area contributed by atoms with Gasteiger partial charge in [-0.25, -0.2) is 0 Å². The van der Waals surface area contributed by atoms with Crippen LogP contribution in [0.5, 0.6) is 5.75 Å². The first-order chi connectivity index (χ1) is 8.20. The van der Waals surface area contributed by atoms with E-state index in [1.54, 1.807) is 0 Å². The van der Waals surface area contributed by atoms with Crippen LogP contribution < -0.4 is 15.4 Å². The van der Waals surface area contributed by atoms with Gasteiger partial charge in [-0.05, 0) is 37.9 Å². The quantitative estimate of drug-likeness (QED) is 0.868. The zero-order valence-electron chi connectivity index (χ0n) is 10.7. The van der Waals surface area contributed by atoms with Crippen molar-refractivity contribution >= 4 is 5.69 Å².